The van der Waals surface area contributed by atoms with E-state index in [9.17, 15) is 9.90 Å². The number of ketones is 1. The number of hydrogen-bond acceptors (Lipinski definition) is 6. The third-order valence-electron chi connectivity index (χ3n) is 5.52. The first-order chi connectivity index (χ1) is 17.4. The van der Waals surface area contributed by atoms with Crippen molar-refractivity contribution in [1.82, 2.24) is 0 Å². The van der Waals surface area contributed by atoms with E-state index in [1.165, 1.54) is 5.57 Å². The molecule has 0 fully saturated rings. The minimum absolute atomic E-state index is 0.218. The number of methoxy groups -OCH3 is 1. The first-order valence-corrected chi connectivity index (χ1v) is 12.0. The molecule has 6 heteroatoms. The summed E-state index contributed by atoms with van der Waals surface area (Å²) < 4.78 is 23.0. The van der Waals surface area contributed by atoms with Gasteiger partial charge in [0, 0.05) is 17.7 Å². The molecule has 3 rings (SSSR count). The Labute approximate surface area is 213 Å². The zero-order chi connectivity index (χ0) is 25.9. The van der Waals surface area contributed by atoms with Gasteiger partial charge < -0.3 is 24.1 Å². The molecule has 0 saturated heterocycles. The lowest BCUT2D eigenvalue weighted by molar-refractivity contribution is 0.0914. The summed E-state index contributed by atoms with van der Waals surface area (Å²) in [6.07, 6.45) is 2.76. The van der Waals surface area contributed by atoms with Crippen LogP contribution in [0.4, 0.5) is 0 Å². The van der Waals surface area contributed by atoms with Crippen molar-refractivity contribution in [3.8, 4) is 23.0 Å². The smallest absolute Gasteiger partial charge is 0.203 e. The van der Waals surface area contributed by atoms with Crippen LogP contribution in [0.3, 0.4) is 0 Å². The van der Waals surface area contributed by atoms with Gasteiger partial charge in [-0.3, -0.25) is 4.79 Å². The molecule has 36 heavy (non-hydrogen) atoms. The van der Waals surface area contributed by atoms with Crippen molar-refractivity contribution >= 4 is 5.78 Å². The number of carbonyl (C=O) groups excluding carboxylic acids is 1. The van der Waals surface area contributed by atoms with Crippen molar-refractivity contribution in [3.05, 3.63) is 94.6 Å². The molecule has 190 valence electrons. The largest absolute Gasteiger partial charge is 0.496 e. The van der Waals surface area contributed by atoms with Crippen LogP contribution in [0.25, 0.3) is 0 Å². The van der Waals surface area contributed by atoms with E-state index in [-0.39, 0.29) is 19.0 Å². The van der Waals surface area contributed by atoms with E-state index in [1.807, 2.05) is 57.2 Å². The van der Waals surface area contributed by atoms with E-state index in [1.54, 1.807) is 31.4 Å². The van der Waals surface area contributed by atoms with E-state index < -0.39 is 0 Å². The molecule has 0 bridgehead atoms. The molecule has 3 aromatic carbocycles. The maximum Gasteiger partial charge on any atom is 0.203 e. The SMILES string of the molecule is CCOc1ccc(C(=O)COc2cc(OC)c(CC=C(C)C)cc2CO)c(OCc2ccccc2)c1. The van der Waals surface area contributed by atoms with Gasteiger partial charge in [0.1, 0.15) is 29.6 Å². The van der Waals surface area contributed by atoms with Crippen molar-refractivity contribution in [2.75, 3.05) is 20.3 Å². The predicted octanol–water partition coefficient (Wildman–Crippen LogP) is 5.94. The Morgan fingerprint density at radius 1 is 0.889 bits per heavy atom. The van der Waals surface area contributed by atoms with Gasteiger partial charge in [-0.15, -0.1) is 0 Å². The highest BCUT2D eigenvalue weighted by atomic mass is 16.5. The van der Waals surface area contributed by atoms with Crippen LogP contribution in [0.15, 0.2) is 72.3 Å². The number of rotatable bonds is 13. The first kappa shape index (κ1) is 26.8. The highest BCUT2D eigenvalue weighted by Crippen LogP contribution is 2.31. The maximum atomic E-state index is 13.2. The second kappa shape index (κ2) is 13.4. The van der Waals surface area contributed by atoms with Gasteiger partial charge in [0.05, 0.1) is 25.9 Å². The molecule has 0 saturated carbocycles. The summed E-state index contributed by atoms with van der Waals surface area (Å²) in [6, 6.07) is 18.5. The van der Waals surface area contributed by atoms with Crippen molar-refractivity contribution in [2.24, 2.45) is 0 Å². The van der Waals surface area contributed by atoms with Gasteiger partial charge in [-0.2, -0.15) is 0 Å². The number of aliphatic hydroxyl groups is 1. The van der Waals surface area contributed by atoms with Gasteiger partial charge in [0.2, 0.25) is 5.78 Å². The Hall–Kier alpha value is -3.77. The van der Waals surface area contributed by atoms with Crippen LogP contribution in [0.5, 0.6) is 23.0 Å². The van der Waals surface area contributed by atoms with Gasteiger partial charge in [0.15, 0.2) is 6.61 Å². The Morgan fingerprint density at radius 3 is 2.33 bits per heavy atom. The van der Waals surface area contributed by atoms with Crippen LogP contribution in [0.1, 0.15) is 47.8 Å². The third kappa shape index (κ3) is 7.36. The molecule has 0 aliphatic heterocycles. The molecule has 3 aromatic rings. The Bertz CT molecular complexity index is 1180. The summed E-state index contributed by atoms with van der Waals surface area (Å²) in [5.41, 5.74) is 4.10. The summed E-state index contributed by atoms with van der Waals surface area (Å²) in [5.74, 6) is 1.84. The van der Waals surface area contributed by atoms with Crippen LogP contribution < -0.4 is 18.9 Å². The van der Waals surface area contributed by atoms with E-state index in [0.717, 1.165) is 11.1 Å². The highest BCUT2D eigenvalue weighted by Gasteiger charge is 2.17. The van der Waals surface area contributed by atoms with Crippen molar-refractivity contribution in [1.29, 1.82) is 0 Å². The fraction of sp³-hybridized carbons (Fsp3) is 0.300. The molecule has 1 N–H and O–H groups in total. The molecule has 0 radical (unpaired) electrons. The zero-order valence-corrected chi connectivity index (χ0v) is 21.4. The van der Waals surface area contributed by atoms with Crippen molar-refractivity contribution in [2.45, 2.75) is 40.4 Å². The van der Waals surface area contributed by atoms with Crippen molar-refractivity contribution in [3.63, 3.8) is 0 Å². The Kier molecular flexibility index (Phi) is 9.95. The number of hydrogen-bond donors (Lipinski definition) is 1. The molecule has 0 amide bonds. The van der Waals surface area contributed by atoms with Gasteiger partial charge >= 0.3 is 0 Å². The minimum Gasteiger partial charge on any atom is -0.496 e. The molecule has 6 nitrogen and oxygen atoms in total. The first-order valence-electron chi connectivity index (χ1n) is 12.0. The second-order valence-corrected chi connectivity index (χ2v) is 8.49. The molecular weight excluding hydrogens is 456 g/mol. The quantitative estimate of drug-likeness (QED) is 0.236. The van der Waals surface area contributed by atoms with Gasteiger partial charge in [-0.25, -0.2) is 0 Å². The summed E-state index contributed by atoms with van der Waals surface area (Å²) in [5, 5.41) is 9.91. The summed E-state index contributed by atoms with van der Waals surface area (Å²) in [4.78, 5) is 13.2. The van der Waals surface area contributed by atoms with E-state index >= 15 is 0 Å². The molecule has 0 atom stereocenters. The number of Topliss-reactive ketones (excluding diaryl/α,β-unsaturated/α-hetero) is 1. The molecule has 0 aromatic heterocycles. The topological polar surface area (TPSA) is 74.2 Å². The van der Waals surface area contributed by atoms with Gasteiger partial charge in [0.25, 0.3) is 0 Å². The predicted molar refractivity (Wildman–Crippen MR) is 140 cm³/mol. The molecule has 0 aliphatic rings. The fourth-order valence-corrected chi connectivity index (χ4v) is 3.64. The van der Waals surface area contributed by atoms with Crippen LogP contribution in [-0.4, -0.2) is 31.2 Å². The number of benzene rings is 3. The lowest BCUT2D eigenvalue weighted by Gasteiger charge is -2.16. The number of carbonyl (C=O) groups is 1. The van der Waals surface area contributed by atoms with E-state index in [4.69, 9.17) is 18.9 Å². The van der Waals surface area contributed by atoms with Crippen molar-refractivity contribution < 1.29 is 28.8 Å². The average molecular weight is 491 g/mol. The fourth-order valence-electron chi connectivity index (χ4n) is 3.64. The Morgan fingerprint density at radius 2 is 1.67 bits per heavy atom. The zero-order valence-electron chi connectivity index (χ0n) is 21.4. The maximum absolute atomic E-state index is 13.2. The van der Waals surface area contributed by atoms with Crippen LogP contribution >= 0.6 is 0 Å². The Balaban J connectivity index is 1.80. The second-order valence-electron chi connectivity index (χ2n) is 8.49. The highest BCUT2D eigenvalue weighted by molar-refractivity contribution is 6.00. The van der Waals surface area contributed by atoms with E-state index in [0.29, 0.717) is 53.8 Å². The minimum atomic E-state index is -0.252. The van der Waals surface area contributed by atoms with Crippen LogP contribution in [0, 0.1) is 0 Å². The van der Waals surface area contributed by atoms with Crippen LogP contribution in [0.2, 0.25) is 0 Å². The monoisotopic (exact) mass is 490 g/mol. The van der Waals surface area contributed by atoms with Gasteiger partial charge in [-0.1, -0.05) is 42.0 Å². The third-order valence-corrected chi connectivity index (χ3v) is 5.52. The summed E-state index contributed by atoms with van der Waals surface area (Å²) >= 11 is 0. The van der Waals surface area contributed by atoms with Crippen LogP contribution in [-0.2, 0) is 19.6 Å². The molecule has 0 aliphatic carbocycles. The van der Waals surface area contributed by atoms with E-state index in [2.05, 4.69) is 6.08 Å². The molecule has 0 heterocycles. The normalized spacial score (nSPS) is 10.5. The average Bonchev–Trinajstić information content (AvgIpc) is 2.90. The number of ether oxygens (including phenoxy) is 4. The van der Waals surface area contributed by atoms with Gasteiger partial charge in [-0.05, 0) is 56.5 Å². The lowest BCUT2D eigenvalue weighted by Crippen LogP contribution is -2.14. The molecule has 0 unspecified atom stereocenters. The number of aliphatic hydroxyl groups excluding tert-OH is 1. The molecule has 0 spiro atoms. The standard InChI is InChI=1S/C30H34O6/c1-5-34-25-13-14-26(30(16-25)35-19-22-9-7-6-8-10-22)27(32)20-36-29-17-28(33-4)23(12-11-21(2)3)15-24(29)18-31/h6-11,13-17,31H,5,12,18-20H2,1-4H3. The molecular formula is C30H34O6. The summed E-state index contributed by atoms with van der Waals surface area (Å²) in [6.45, 7) is 6.33. The number of allylic oxidation sites excluding steroid dienone is 2. The lowest BCUT2D eigenvalue weighted by atomic mass is 10.0. The summed E-state index contributed by atoms with van der Waals surface area (Å²) in [7, 11) is 1.59.